The van der Waals surface area contributed by atoms with Gasteiger partial charge in [-0.25, -0.2) is 4.39 Å². The van der Waals surface area contributed by atoms with Gasteiger partial charge in [-0.1, -0.05) is 11.6 Å². The van der Waals surface area contributed by atoms with Crippen LogP contribution in [0.15, 0.2) is 18.2 Å². The molecule has 0 aliphatic heterocycles. The largest absolute Gasteiger partial charge is 0.374 e. The second kappa shape index (κ2) is 6.59. The molecule has 0 saturated heterocycles. The van der Waals surface area contributed by atoms with Crippen molar-refractivity contribution in [3.05, 3.63) is 29.0 Å². The van der Waals surface area contributed by atoms with Crippen LogP contribution in [0.1, 0.15) is 20.8 Å². The SMILES string of the molecule is CCN(CC)C(=O)C(C)Nc1ccc(Cl)c(F)c1. The third-order valence-electron chi connectivity index (χ3n) is 2.75. The minimum absolute atomic E-state index is 0.00430. The van der Waals surface area contributed by atoms with Crippen LogP contribution < -0.4 is 5.32 Å². The average molecular weight is 273 g/mol. The highest BCUT2D eigenvalue weighted by Gasteiger charge is 2.18. The predicted octanol–water partition coefficient (Wildman–Crippen LogP) is 3.15. The van der Waals surface area contributed by atoms with Crippen LogP contribution in [0.25, 0.3) is 0 Å². The van der Waals surface area contributed by atoms with Gasteiger partial charge in [-0.15, -0.1) is 0 Å². The Kier molecular flexibility index (Phi) is 5.41. The van der Waals surface area contributed by atoms with E-state index in [-0.39, 0.29) is 10.9 Å². The Morgan fingerprint density at radius 2 is 2.06 bits per heavy atom. The molecule has 0 saturated carbocycles. The van der Waals surface area contributed by atoms with Gasteiger partial charge in [-0.2, -0.15) is 0 Å². The fourth-order valence-electron chi connectivity index (χ4n) is 1.71. The molecule has 1 aromatic carbocycles. The third-order valence-corrected chi connectivity index (χ3v) is 3.05. The molecule has 0 radical (unpaired) electrons. The van der Waals surface area contributed by atoms with Crippen molar-refractivity contribution in [3.8, 4) is 0 Å². The number of rotatable bonds is 5. The summed E-state index contributed by atoms with van der Waals surface area (Å²) in [4.78, 5) is 13.7. The lowest BCUT2D eigenvalue weighted by molar-refractivity contribution is -0.131. The average Bonchev–Trinajstić information content (AvgIpc) is 2.35. The fourth-order valence-corrected chi connectivity index (χ4v) is 1.82. The van der Waals surface area contributed by atoms with E-state index in [1.165, 1.54) is 12.1 Å². The summed E-state index contributed by atoms with van der Waals surface area (Å²) in [6.45, 7) is 6.94. The number of hydrogen-bond donors (Lipinski definition) is 1. The number of nitrogens with zero attached hydrogens (tertiary/aromatic N) is 1. The quantitative estimate of drug-likeness (QED) is 0.893. The Morgan fingerprint density at radius 3 is 2.56 bits per heavy atom. The van der Waals surface area contributed by atoms with Crippen molar-refractivity contribution in [1.82, 2.24) is 4.90 Å². The molecule has 1 unspecified atom stereocenters. The molecular formula is C13H18ClFN2O. The van der Waals surface area contributed by atoms with Gasteiger partial charge in [0.05, 0.1) is 5.02 Å². The molecule has 1 amide bonds. The van der Waals surface area contributed by atoms with Crippen molar-refractivity contribution in [2.75, 3.05) is 18.4 Å². The van der Waals surface area contributed by atoms with Crippen molar-refractivity contribution in [3.63, 3.8) is 0 Å². The molecule has 1 rings (SSSR count). The number of nitrogens with one attached hydrogen (secondary N) is 1. The summed E-state index contributed by atoms with van der Waals surface area (Å²) in [6.07, 6.45) is 0. The van der Waals surface area contributed by atoms with Crippen LogP contribution in [0.4, 0.5) is 10.1 Å². The maximum atomic E-state index is 13.3. The van der Waals surface area contributed by atoms with Crippen LogP contribution in [-0.2, 0) is 4.79 Å². The van der Waals surface area contributed by atoms with Crippen molar-refractivity contribution in [1.29, 1.82) is 0 Å². The second-order valence-corrected chi connectivity index (χ2v) is 4.41. The molecule has 0 fully saturated rings. The Morgan fingerprint density at radius 1 is 1.44 bits per heavy atom. The molecule has 0 aliphatic rings. The Balaban J connectivity index is 2.71. The van der Waals surface area contributed by atoms with Crippen molar-refractivity contribution in [2.45, 2.75) is 26.8 Å². The first-order chi connectivity index (χ1) is 8.49. The highest BCUT2D eigenvalue weighted by Crippen LogP contribution is 2.19. The molecule has 5 heteroatoms. The van der Waals surface area contributed by atoms with Crippen LogP contribution in [0.5, 0.6) is 0 Å². The van der Waals surface area contributed by atoms with E-state index in [4.69, 9.17) is 11.6 Å². The van der Waals surface area contributed by atoms with E-state index in [1.807, 2.05) is 13.8 Å². The Hall–Kier alpha value is -1.29. The number of likely N-dealkylation sites (N-methyl/N-ethyl adjacent to an activating group) is 1. The summed E-state index contributed by atoms with van der Waals surface area (Å²) in [6, 6.07) is 4.00. The number of anilines is 1. The summed E-state index contributed by atoms with van der Waals surface area (Å²) in [5, 5.41) is 3.04. The van der Waals surface area contributed by atoms with Gasteiger partial charge >= 0.3 is 0 Å². The van der Waals surface area contributed by atoms with Gasteiger partial charge in [0.25, 0.3) is 0 Å². The predicted molar refractivity (Wildman–Crippen MR) is 72.4 cm³/mol. The lowest BCUT2D eigenvalue weighted by atomic mass is 10.2. The minimum atomic E-state index is -0.496. The topological polar surface area (TPSA) is 32.3 Å². The second-order valence-electron chi connectivity index (χ2n) is 4.01. The minimum Gasteiger partial charge on any atom is -0.374 e. The summed E-state index contributed by atoms with van der Waals surface area (Å²) in [5.74, 6) is -0.500. The Bertz CT molecular complexity index is 421. The number of hydrogen-bond acceptors (Lipinski definition) is 2. The number of benzene rings is 1. The number of carbonyl (C=O) groups is 1. The highest BCUT2D eigenvalue weighted by molar-refractivity contribution is 6.30. The monoisotopic (exact) mass is 272 g/mol. The summed E-state index contributed by atoms with van der Waals surface area (Å²) in [5.41, 5.74) is 0.546. The number of carbonyl (C=O) groups excluding carboxylic acids is 1. The maximum absolute atomic E-state index is 13.3. The van der Waals surface area contributed by atoms with E-state index < -0.39 is 11.9 Å². The van der Waals surface area contributed by atoms with Gasteiger partial charge in [0, 0.05) is 18.8 Å². The van der Waals surface area contributed by atoms with Crippen molar-refractivity contribution >= 4 is 23.2 Å². The molecule has 0 bridgehead atoms. The molecule has 1 aromatic rings. The molecule has 100 valence electrons. The molecule has 1 N–H and O–H groups in total. The molecule has 0 heterocycles. The number of amides is 1. The highest BCUT2D eigenvalue weighted by atomic mass is 35.5. The van der Waals surface area contributed by atoms with Crippen molar-refractivity contribution in [2.24, 2.45) is 0 Å². The third kappa shape index (κ3) is 3.60. The summed E-state index contributed by atoms with van der Waals surface area (Å²) >= 11 is 5.60. The first kappa shape index (κ1) is 14.8. The van der Waals surface area contributed by atoms with Gasteiger partial charge in [-0.3, -0.25) is 4.79 Å². The van der Waals surface area contributed by atoms with Crippen LogP contribution in [0.3, 0.4) is 0 Å². The normalized spacial score (nSPS) is 12.1. The zero-order chi connectivity index (χ0) is 13.7. The molecule has 3 nitrogen and oxygen atoms in total. The van der Waals surface area contributed by atoms with E-state index in [1.54, 1.807) is 17.9 Å². The van der Waals surface area contributed by atoms with Crippen LogP contribution in [0.2, 0.25) is 5.02 Å². The van der Waals surface area contributed by atoms with E-state index >= 15 is 0 Å². The van der Waals surface area contributed by atoms with Crippen LogP contribution in [-0.4, -0.2) is 29.9 Å². The zero-order valence-electron chi connectivity index (χ0n) is 10.8. The molecule has 0 aliphatic carbocycles. The number of halogens is 2. The van der Waals surface area contributed by atoms with E-state index in [2.05, 4.69) is 5.32 Å². The smallest absolute Gasteiger partial charge is 0.244 e. The van der Waals surface area contributed by atoms with E-state index in [0.717, 1.165) is 0 Å². The van der Waals surface area contributed by atoms with Gasteiger partial charge in [0.2, 0.25) is 5.91 Å². The Labute approximate surface area is 112 Å². The van der Waals surface area contributed by atoms with Crippen LogP contribution >= 0.6 is 11.6 Å². The van der Waals surface area contributed by atoms with Crippen LogP contribution in [0, 0.1) is 5.82 Å². The molecule has 0 spiro atoms. The van der Waals surface area contributed by atoms with E-state index in [0.29, 0.717) is 18.8 Å². The van der Waals surface area contributed by atoms with E-state index in [9.17, 15) is 9.18 Å². The summed E-state index contributed by atoms with van der Waals surface area (Å²) < 4.78 is 13.3. The standard InChI is InChI=1S/C13H18ClFN2O/c1-4-17(5-2)13(18)9(3)16-10-6-7-11(14)12(15)8-10/h6-9,16H,4-5H2,1-3H3. The van der Waals surface area contributed by atoms with Gasteiger partial charge in [-0.05, 0) is 39.0 Å². The summed E-state index contributed by atoms with van der Waals surface area (Å²) in [7, 11) is 0. The zero-order valence-corrected chi connectivity index (χ0v) is 11.6. The van der Waals surface area contributed by atoms with Gasteiger partial charge in [0.1, 0.15) is 11.9 Å². The van der Waals surface area contributed by atoms with Crippen molar-refractivity contribution < 1.29 is 9.18 Å². The lowest BCUT2D eigenvalue weighted by Gasteiger charge is -2.24. The first-order valence-corrected chi connectivity index (χ1v) is 6.37. The van der Waals surface area contributed by atoms with Gasteiger partial charge < -0.3 is 10.2 Å². The molecule has 0 aromatic heterocycles. The maximum Gasteiger partial charge on any atom is 0.244 e. The fraction of sp³-hybridized carbons (Fsp3) is 0.462. The molecule has 1 atom stereocenters. The molecular weight excluding hydrogens is 255 g/mol. The van der Waals surface area contributed by atoms with Gasteiger partial charge in [0.15, 0.2) is 0 Å². The molecule has 18 heavy (non-hydrogen) atoms. The first-order valence-electron chi connectivity index (χ1n) is 6.00. The lowest BCUT2D eigenvalue weighted by Crippen LogP contribution is -2.41.